The minimum atomic E-state index is -0.235. The predicted molar refractivity (Wildman–Crippen MR) is 110 cm³/mol. The first kappa shape index (κ1) is 21.0. The van der Waals surface area contributed by atoms with Crippen LogP contribution in [0.15, 0.2) is 42.5 Å². The molecule has 1 fully saturated rings. The molecule has 0 spiro atoms. The number of aryl methyl sites for hydroxylation is 1. The standard InChI is InChI=1S/C23H27FN2O3/c1-16-10-20(14-27)6-9-22(16)29-15-23(28)26-12-17(2)25(11-18(26)3)13-19-4-7-21(24)8-5-19/h4-10,14,17-18H,11-13,15H2,1-3H3/t17-,18+/m0/s1. The number of ether oxygens (including phenoxy) is 1. The molecule has 154 valence electrons. The molecular formula is C23H27FN2O3. The van der Waals surface area contributed by atoms with E-state index in [0.29, 0.717) is 17.9 Å². The first-order valence-electron chi connectivity index (χ1n) is 9.84. The van der Waals surface area contributed by atoms with Gasteiger partial charge in [0.1, 0.15) is 17.9 Å². The van der Waals surface area contributed by atoms with Gasteiger partial charge in [0.05, 0.1) is 0 Å². The van der Waals surface area contributed by atoms with Crippen molar-refractivity contribution >= 4 is 12.2 Å². The van der Waals surface area contributed by atoms with Gasteiger partial charge in [-0.2, -0.15) is 0 Å². The zero-order valence-corrected chi connectivity index (χ0v) is 17.1. The lowest BCUT2D eigenvalue weighted by Crippen LogP contribution is -2.58. The summed E-state index contributed by atoms with van der Waals surface area (Å²) in [5.74, 6) is 0.325. The molecule has 0 unspecified atom stereocenters. The van der Waals surface area contributed by atoms with Gasteiger partial charge in [0.25, 0.3) is 5.91 Å². The van der Waals surface area contributed by atoms with E-state index >= 15 is 0 Å². The molecule has 29 heavy (non-hydrogen) atoms. The SMILES string of the molecule is Cc1cc(C=O)ccc1OCC(=O)N1C[C@H](C)N(Cc2ccc(F)cc2)C[C@H]1C. The summed E-state index contributed by atoms with van der Waals surface area (Å²) >= 11 is 0. The molecule has 2 aromatic rings. The Kier molecular flexibility index (Phi) is 6.64. The van der Waals surface area contributed by atoms with Crippen LogP contribution in [0.4, 0.5) is 4.39 Å². The monoisotopic (exact) mass is 398 g/mol. The van der Waals surface area contributed by atoms with Gasteiger partial charge in [-0.25, -0.2) is 4.39 Å². The van der Waals surface area contributed by atoms with E-state index < -0.39 is 0 Å². The van der Waals surface area contributed by atoms with Crippen molar-refractivity contribution in [3.8, 4) is 5.75 Å². The van der Waals surface area contributed by atoms with Gasteiger partial charge in [-0.1, -0.05) is 12.1 Å². The van der Waals surface area contributed by atoms with E-state index in [9.17, 15) is 14.0 Å². The number of halogens is 1. The van der Waals surface area contributed by atoms with E-state index in [1.54, 1.807) is 30.3 Å². The normalized spacial score (nSPS) is 19.8. The van der Waals surface area contributed by atoms with Gasteiger partial charge in [-0.05, 0) is 62.2 Å². The number of hydrogen-bond donors (Lipinski definition) is 0. The topological polar surface area (TPSA) is 49.9 Å². The average Bonchev–Trinajstić information content (AvgIpc) is 2.70. The number of rotatable bonds is 6. The number of carbonyl (C=O) groups excluding carboxylic acids is 2. The third kappa shape index (κ3) is 5.21. The summed E-state index contributed by atoms with van der Waals surface area (Å²) in [7, 11) is 0. The molecule has 0 aliphatic carbocycles. The second-order valence-electron chi connectivity index (χ2n) is 7.73. The molecule has 0 bridgehead atoms. The van der Waals surface area contributed by atoms with Crippen molar-refractivity contribution in [2.75, 3.05) is 19.7 Å². The Hall–Kier alpha value is -2.73. The molecular weight excluding hydrogens is 371 g/mol. The highest BCUT2D eigenvalue weighted by atomic mass is 19.1. The number of hydrogen-bond acceptors (Lipinski definition) is 4. The molecule has 6 heteroatoms. The molecule has 1 aliphatic heterocycles. The quantitative estimate of drug-likeness (QED) is 0.700. The van der Waals surface area contributed by atoms with Crippen LogP contribution in [-0.4, -0.2) is 53.8 Å². The van der Waals surface area contributed by atoms with Crippen molar-refractivity contribution in [1.82, 2.24) is 9.80 Å². The minimum absolute atomic E-state index is 0.0315. The van der Waals surface area contributed by atoms with Crippen LogP contribution in [0.1, 0.15) is 35.3 Å². The lowest BCUT2D eigenvalue weighted by atomic mass is 10.1. The summed E-state index contributed by atoms with van der Waals surface area (Å²) in [4.78, 5) is 27.8. The van der Waals surface area contributed by atoms with E-state index in [2.05, 4.69) is 11.8 Å². The van der Waals surface area contributed by atoms with E-state index in [0.717, 1.165) is 30.5 Å². The summed E-state index contributed by atoms with van der Waals surface area (Å²) in [6, 6.07) is 11.9. The van der Waals surface area contributed by atoms with Crippen molar-refractivity contribution in [3.05, 3.63) is 65.0 Å². The van der Waals surface area contributed by atoms with Gasteiger partial charge < -0.3 is 9.64 Å². The van der Waals surface area contributed by atoms with Crippen molar-refractivity contribution < 1.29 is 18.7 Å². The maximum atomic E-state index is 13.1. The Morgan fingerprint density at radius 1 is 1.14 bits per heavy atom. The Labute approximate surface area is 171 Å². The fraction of sp³-hybridized carbons (Fsp3) is 0.391. The highest BCUT2D eigenvalue weighted by Crippen LogP contribution is 2.21. The Morgan fingerprint density at radius 2 is 1.86 bits per heavy atom. The van der Waals surface area contributed by atoms with Crippen LogP contribution in [0.2, 0.25) is 0 Å². The Balaban J connectivity index is 1.57. The molecule has 3 rings (SSSR count). The lowest BCUT2D eigenvalue weighted by Gasteiger charge is -2.44. The van der Waals surface area contributed by atoms with Crippen molar-refractivity contribution in [2.24, 2.45) is 0 Å². The van der Waals surface area contributed by atoms with Crippen molar-refractivity contribution in [2.45, 2.75) is 39.4 Å². The fourth-order valence-corrected chi connectivity index (χ4v) is 3.72. The van der Waals surface area contributed by atoms with Gasteiger partial charge in [-0.15, -0.1) is 0 Å². The third-order valence-electron chi connectivity index (χ3n) is 5.42. The molecule has 2 atom stereocenters. The van der Waals surface area contributed by atoms with Crippen LogP contribution in [-0.2, 0) is 11.3 Å². The second kappa shape index (κ2) is 9.18. The first-order valence-corrected chi connectivity index (χ1v) is 9.84. The summed E-state index contributed by atoms with van der Waals surface area (Å²) in [6.45, 7) is 8.05. The Bertz CT molecular complexity index is 869. The summed E-state index contributed by atoms with van der Waals surface area (Å²) in [5, 5.41) is 0. The first-order chi connectivity index (χ1) is 13.9. The summed E-state index contributed by atoms with van der Waals surface area (Å²) in [6.07, 6.45) is 0.788. The van der Waals surface area contributed by atoms with Crippen LogP contribution >= 0.6 is 0 Å². The van der Waals surface area contributed by atoms with Crippen LogP contribution in [0.25, 0.3) is 0 Å². The van der Waals surface area contributed by atoms with Gasteiger partial charge in [-0.3, -0.25) is 14.5 Å². The molecule has 0 aromatic heterocycles. The molecule has 0 radical (unpaired) electrons. The molecule has 5 nitrogen and oxygen atoms in total. The second-order valence-corrected chi connectivity index (χ2v) is 7.73. The number of piperazine rings is 1. The number of nitrogens with zero attached hydrogens (tertiary/aromatic N) is 2. The van der Waals surface area contributed by atoms with E-state index in [-0.39, 0.29) is 30.4 Å². The molecule has 0 N–H and O–H groups in total. The molecule has 2 aromatic carbocycles. The third-order valence-corrected chi connectivity index (χ3v) is 5.42. The minimum Gasteiger partial charge on any atom is -0.483 e. The van der Waals surface area contributed by atoms with Crippen LogP contribution < -0.4 is 4.74 Å². The highest BCUT2D eigenvalue weighted by molar-refractivity contribution is 5.78. The predicted octanol–water partition coefficient (Wildman–Crippen LogP) is 3.45. The van der Waals surface area contributed by atoms with E-state index in [4.69, 9.17) is 4.74 Å². The zero-order chi connectivity index (χ0) is 21.0. The molecule has 1 aliphatic rings. The molecule has 1 heterocycles. The maximum Gasteiger partial charge on any atom is 0.260 e. The lowest BCUT2D eigenvalue weighted by molar-refractivity contribution is -0.139. The van der Waals surface area contributed by atoms with Crippen molar-refractivity contribution in [3.63, 3.8) is 0 Å². The number of carbonyl (C=O) groups is 2. The molecule has 1 saturated heterocycles. The number of benzene rings is 2. The largest absolute Gasteiger partial charge is 0.483 e. The summed E-state index contributed by atoms with van der Waals surface area (Å²) in [5.41, 5.74) is 2.47. The molecule has 0 saturated carbocycles. The van der Waals surface area contributed by atoms with E-state index in [1.807, 2.05) is 18.7 Å². The van der Waals surface area contributed by atoms with Crippen molar-refractivity contribution in [1.29, 1.82) is 0 Å². The van der Waals surface area contributed by atoms with Gasteiger partial charge in [0.2, 0.25) is 0 Å². The number of aldehydes is 1. The van der Waals surface area contributed by atoms with Gasteiger partial charge >= 0.3 is 0 Å². The zero-order valence-electron chi connectivity index (χ0n) is 17.1. The van der Waals surface area contributed by atoms with Gasteiger partial charge in [0.15, 0.2) is 6.61 Å². The molecule has 1 amide bonds. The van der Waals surface area contributed by atoms with Crippen LogP contribution in [0.5, 0.6) is 5.75 Å². The number of amides is 1. The van der Waals surface area contributed by atoms with Crippen LogP contribution in [0, 0.1) is 12.7 Å². The van der Waals surface area contributed by atoms with Crippen LogP contribution in [0.3, 0.4) is 0 Å². The maximum absolute atomic E-state index is 13.1. The van der Waals surface area contributed by atoms with Gasteiger partial charge in [0, 0.05) is 37.3 Å². The van der Waals surface area contributed by atoms with E-state index in [1.165, 1.54) is 12.1 Å². The Morgan fingerprint density at radius 3 is 2.52 bits per heavy atom. The summed E-state index contributed by atoms with van der Waals surface area (Å²) < 4.78 is 18.8. The average molecular weight is 398 g/mol. The smallest absolute Gasteiger partial charge is 0.260 e. The fourth-order valence-electron chi connectivity index (χ4n) is 3.72. The highest BCUT2D eigenvalue weighted by Gasteiger charge is 2.32.